The van der Waals surface area contributed by atoms with Gasteiger partial charge in [0.15, 0.2) is 0 Å². The molecule has 0 aliphatic heterocycles. The van der Waals surface area contributed by atoms with Gasteiger partial charge in [-0.15, -0.1) is 0 Å². The van der Waals surface area contributed by atoms with Crippen molar-refractivity contribution in [1.29, 1.82) is 0 Å². The van der Waals surface area contributed by atoms with Gasteiger partial charge in [-0.05, 0) is 24.6 Å². The summed E-state index contributed by atoms with van der Waals surface area (Å²) in [5.74, 6) is 0. The van der Waals surface area contributed by atoms with Gasteiger partial charge in [-0.25, -0.2) is 9.18 Å². The SMILES string of the molecule is CC(NC(=O)NC12CC(F)(C1)C2)c1cccc(Cl)c1. The van der Waals surface area contributed by atoms with Gasteiger partial charge in [-0.2, -0.15) is 0 Å². The number of carbonyl (C=O) groups excluding carboxylic acids is 1. The lowest BCUT2D eigenvalue weighted by molar-refractivity contribution is -0.162. The van der Waals surface area contributed by atoms with E-state index >= 15 is 0 Å². The maximum absolute atomic E-state index is 13.4. The number of alkyl halides is 1. The molecule has 2 bridgehead atoms. The van der Waals surface area contributed by atoms with Crippen LogP contribution in [0, 0.1) is 0 Å². The smallest absolute Gasteiger partial charge is 0.315 e. The fourth-order valence-electron chi connectivity index (χ4n) is 3.13. The van der Waals surface area contributed by atoms with Crippen molar-refractivity contribution < 1.29 is 9.18 Å². The number of benzene rings is 1. The fraction of sp³-hybridized carbons (Fsp3) is 0.500. The highest BCUT2D eigenvalue weighted by molar-refractivity contribution is 6.30. The number of amides is 2. The van der Waals surface area contributed by atoms with Crippen LogP contribution in [0.25, 0.3) is 0 Å². The number of halogens is 2. The van der Waals surface area contributed by atoms with Crippen LogP contribution in [0.15, 0.2) is 24.3 Å². The summed E-state index contributed by atoms with van der Waals surface area (Å²) < 4.78 is 13.4. The van der Waals surface area contributed by atoms with Crippen LogP contribution in [-0.4, -0.2) is 17.2 Å². The first-order valence-corrected chi connectivity index (χ1v) is 6.81. The quantitative estimate of drug-likeness (QED) is 0.877. The van der Waals surface area contributed by atoms with E-state index in [0.29, 0.717) is 24.3 Å². The number of hydrogen-bond acceptors (Lipinski definition) is 1. The number of rotatable bonds is 3. The Hall–Kier alpha value is -1.29. The van der Waals surface area contributed by atoms with Gasteiger partial charge in [0, 0.05) is 24.3 Å². The molecule has 0 radical (unpaired) electrons. The second kappa shape index (κ2) is 4.10. The first kappa shape index (κ1) is 12.7. The molecule has 19 heavy (non-hydrogen) atoms. The Balaban J connectivity index is 1.55. The average Bonchev–Trinajstić information content (AvgIpc) is 2.25. The molecule has 2 N–H and O–H groups in total. The van der Waals surface area contributed by atoms with Gasteiger partial charge in [0.05, 0.1) is 11.6 Å². The van der Waals surface area contributed by atoms with E-state index < -0.39 is 5.67 Å². The summed E-state index contributed by atoms with van der Waals surface area (Å²) in [5, 5.41) is 6.37. The van der Waals surface area contributed by atoms with Crippen LogP contribution in [-0.2, 0) is 0 Å². The van der Waals surface area contributed by atoms with Gasteiger partial charge in [-0.3, -0.25) is 0 Å². The van der Waals surface area contributed by atoms with Crippen molar-refractivity contribution in [2.45, 2.75) is 43.4 Å². The van der Waals surface area contributed by atoms with E-state index in [0.717, 1.165) is 5.56 Å². The Morgan fingerprint density at radius 3 is 2.68 bits per heavy atom. The third-order valence-electron chi connectivity index (χ3n) is 4.04. The molecule has 1 aromatic carbocycles. The molecule has 1 unspecified atom stereocenters. The molecular weight excluding hydrogens is 267 g/mol. The summed E-state index contributed by atoms with van der Waals surface area (Å²) in [6.45, 7) is 1.89. The Labute approximate surface area is 116 Å². The number of nitrogens with one attached hydrogen (secondary N) is 2. The van der Waals surface area contributed by atoms with Gasteiger partial charge in [0.2, 0.25) is 0 Å². The van der Waals surface area contributed by atoms with Crippen molar-refractivity contribution in [3.05, 3.63) is 34.9 Å². The monoisotopic (exact) mass is 282 g/mol. The van der Waals surface area contributed by atoms with Crippen LogP contribution in [0.5, 0.6) is 0 Å². The molecule has 1 aromatic rings. The van der Waals surface area contributed by atoms with Gasteiger partial charge < -0.3 is 10.6 Å². The largest absolute Gasteiger partial charge is 0.332 e. The summed E-state index contributed by atoms with van der Waals surface area (Å²) >= 11 is 5.92. The Bertz CT molecular complexity index is 514. The van der Waals surface area contributed by atoms with Crippen molar-refractivity contribution in [2.24, 2.45) is 0 Å². The van der Waals surface area contributed by atoms with Crippen LogP contribution in [0.2, 0.25) is 5.02 Å². The minimum absolute atomic E-state index is 0.134. The number of hydrogen-bond donors (Lipinski definition) is 2. The third kappa shape index (κ3) is 2.29. The highest BCUT2D eigenvalue weighted by Gasteiger charge is 2.69. The molecule has 3 aliphatic carbocycles. The van der Waals surface area contributed by atoms with Gasteiger partial charge in [0.1, 0.15) is 5.67 Å². The zero-order valence-electron chi connectivity index (χ0n) is 10.7. The summed E-state index contributed by atoms with van der Waals surface area (Å²) in [7, 11) is 0. The normalized spacial score (nSPS) is 32.8. The summed E-state index contributed by atoms with van der Waals surface area (Å²) in [5.41, 5.74) is -0.333. The summed E-state index contributed by atoms with van der Waals surface area (Å²) in [6, 6.07) is 7.00. The van der Waals surface area contributed by atoms with E-state index in [2.05, 4.69) is 10.6 Å². The molecule has 2 amide bonds. The molecule has 1 atom stereocenters. The minimum Gasteiger partial charge on any atom is -0.332 e. The van der Waals surface area contributed by atoms with Crippen LogP contribution >= 0.6 is 11.6 Å². The topological polar surface area (TPSA) is 41.1 Å². The minimum atomic E-state index is -0.994. The van der Waals surface area contributed by atoms with Gasteiger partial charge in [-0.1, -0.05) is 23.7 Å². The molecule has 5 heteroatoms. The predicted molar refractivity (Wildman–Crippen MR) is 72.0 cm³/mol. The second-order valence-corrected chi connectivity index (χ2v) is 6.27. The number of carbonyl (C=O) groups is 1. The van der Waals surface area contributed by atoms with E-state index in [1.165, 1.54) is 0 Å². The molecule has 3 saturated carbocycles. The highest BCUT2D eigenvalue weighted by Crippen LogP contribution is 2.62. The molecular formula is C14H16ClFN2O. The van der Waals surface area contributed by atoms with Crippen LogP contribution in [0.3, 0.4) is 0 Å². The van der Waals surface area contributed by atoms with Crippen molar-refractivity contribution in [3.8, 4) is 0 Å². The second-order valence-electron chi connectivity index (χ2n) is 5.84. The Kier molecular flexibility index (Phi) is 2.75. The molecule has 0 aromatic heterocycles. The molecule has 4 rings (SSSR count). The number of urea groups is 1. The van der Waals surface area contributed by atoms with E-state index in [1.54, 1.807) is 6.07 Å². The van der Waals surface area contributed by atoms with E-state index in [1.807, 2.05) is 25.1 Å². The van der Waals surface area contributed by atoms with Gasteiger partial charge >= 0.3 is 6.03 Å². The molecule has 0 heterocycles. The third-order valence-corrected chi connectivity index (χ3v) is 4.28. The lowest BCUT2D eigenvalue weighted by atomic mass is 9.47. The van der Waals surface area contributed by atoms with Crippen molar-refractivity contribution >= 4 is 17.6 Å². The van der Waals surface area contributed by atoms with Crippen molar-refractivity contribution in [1.82, 2.24) is 10.6 Å². The maximum Gasteiger partial charge on any atom is 0.315 e. The first-order chi connectivity index (χ1) is 8.90. The Morgan fingerprint density at radius 2 is 2.11 bits per heavy atom. The molecule has 0 spiro atoms. The first-order valence-electron chi connectivity index (χ1n) is 6.43. The van der Waals surface area contributed by atoms with E-state index in [-0.39, 0.29) is 17.6 Å². The average molecular weight is 283 g/mol. The van der Waals surface area contributed by atoms with Crippen molar-refractivity contribution in [2.75, 3.05) is 0 Å². The molecule has 3 nitrogen and oxygen atoms in total. The van der Waals surface area contributed by atoms with E-state index in [4.69, 9.17) is 11.6 Å². The molecule has 3 fully saturated rings. The standard InChI is InChI=1S/C14H16ClFN2O/c1-9(10-3-2-4-11(15)5-10)17-12(19)18-14-6-13(16,7-14)8-14/h2-5,9H,6-8H2,1H3,(H2,17,18,19). The zero-order chi connectivity index (χ0) is 13.7. The summed E-state index contributed by atoms with van der Waals surface area (Å²) in [4.78, 5) is 11.9. The lowest BCUT2D eigenvalue weighted by Gasteiger charge is -2.65. The van der Waals surface area contributed by atoms with E-state index in [9.17, 15) is 9.18 Å². The molecule has 3 aliphatic rings. The molecule has 102 valence electrons. The highest BCUT2D eigenvalue weighted by atomic mass is 35.5. The maximum atomic E-state index is 13.4. The molecule has 0 saturated heterocycles. The summed E-state index contributed by atoms with van der Waals surface area (Å²) in [6.07, 6.45) is 1.37. The zero-order valence-corrected chi connectivity index (χ0v) is 11.4. The van der Waals surface area contributed by atoms with Gasteiger partial charge in [0.25, 0.3) is 0 Å². The fourth-order valence-corrected chi connectivity index (χ4v) is 3.33. The van der Waals surface area contributed by atoms with Crippen LogP contribution < -0.4 is 10.6 Å². The van der Waals surface area contributed by atoms with Crippen molar-refractivity contribution in [3.63, 3.8) is 0 Å². The van der Waals surface area contributed by atoms with Crippen LogP contribution in [0.4, 0.5) is 9.18 Å². The Morgan fingerprint density at radius 1 is 1.42 bits per heavy atom. The van der Waals surface area contributed by atoms with Crippen LogP contribution in [0.1, 0.15) is 37.8 Å². The predicted octanol–water partition coefficient (Wildman–Crippen LogP) is 3.34. The lowest BCUT2D eigenvalue weighted by Crippen LogP contribution is -2.77.